The highest BCUT2D eigenvalue weighted by molar-refractivity contribution is 5.92. The summed E-state index contributed by atoms with van der Waals surface area (Å²) in [5.41, 5.74) is 3.95. The van der Waals surface area contributed by atoms with Gasteiger partial charge in [-0.05, 0) is 45.0 Å². The van der Waals surface area contributed by atoms with Crippen LogP contribution >= 0.6 is 0 Å². The second kappa shape index (κ2) is 9.87. The number of aromatic nitrogens is 2. The molecule has 1 N–H and O–H groups in total. The highest BCUT2D eigenvalue weighted by Crippen LogP contribution is 2.27. The smallest absolute Gasteiger partial charge is 0.239 e. The van der Waals surface area contributed by atoms with Gasteiger partial charge in [-0.1, -0.05) is 48.0 Å². The summed E-state index contributed by atoms with van der Waals surface area (Å²) in [4.78, 5) is 15.1. The largest absolute Gasteiger partial charge is 0.350 e. The molecule has 7 nitrogen and oxygen atoms in total. The Morgan fingerprint density at radius 3 is 2.42 bits per heavy atom. The molecule has 2 aromatic carbocycles. The predicted octanol–water partition coefficient (Wildman–Crippen LogP) is 3.87. The molecule has 0 atom stereocenters. The third kappa shape index (κ3) is 5.16. The average molecular weight is 447 g/mol. The number of aryl methyl sites for hydroxylation is 1. The van der Waals surface area contributed by atoms with E-state index in [0.29, 0.717) is 31.5 Å². The van der Waals surface area contributed by atoms with Crippen molar-refractivity contribution in [3.8, 4) is 16.9 Å². The van der Waals surface area contributed by atoms with E-state index in [-0.39, 0.29) is 12.2 Å². The van der Waals surface area contributed by atoms with Gasteiger partial charge in [0.1, 0.15) is 5.82 Å². The number of ether oxygens (including phenoxy) is 2. The van der Waals surface area contributed by atoms with E-state index in [9.17, 15) is 4.79 Å². The number of amides is 1. The van der Waals surface area contributed by atoms with Crippen LogP contribution in [0.1, 0.15) is 18.4 Å². The van der Waals surface area contributed by atoms with Gasteiger partial charge in [-0.2, -0.15) is 5.10 Å². The number of nitrogens with one attached hydrogen (secondary N) is 1. The third-order valence-electron chi connectivity index (χ3n) is 6.36. The molecule has 0 unspecified atom stereocenters. The third-order valence-corrected chi connectivity index (χ3v) is 6.36. The molecule has 3 heterocycles. The van der Waals surface area contributed by atoms with Crippen molar-refractivity contribution in [1.82, 2.24) is 14.7 Å². The number of rotatable bonds is 6. The molecule has 1 amide bonds. The van der Waals surface area contributed by atoms with Crippen LogP contribution < -0.4 is 5.32 Å². The van der Waals surface area contributed by atoms with Gasteiger partial charge in [-0.3, -0.25) is 9.69 Å². The van der Waals surface area contributed by atoms with Gasteiger partial charge in [0.15, 0.2) is 6.29 Å². The molecule has 172 valence electrons. The second-order valence-electron chi connectivity index (χ2n) is 8.80. The first kappa shape index (κ1) is 21.8. The number of para-hydroxylation sites is 1. The fourth-order valence-electron chi connectivity index (χ4n) is 4.52. The highest BCUT2D eigenvalue weighted by Gasteiger charge is 2.31. The van der Waals surface area contributed by atoms with Crippen LogP contribution in [0.3, 0.4) is 0 Å². The van der Waals surface area contributed by atoms with Crippen molar-refractivity contribution < 1.29 is 14.3 Å². The number of hydrogen-bond donors (Lipinski definition) is 1. The fourth-order valence-corrected chi connectivity index (χ4v) is 4.52. The van der Waals surface area contributed by atoms with Crippen molar-refractivity contribution in [1.29, 1.82) is 0 Å². The van der Waals surface area contributed by atoms with Crippen molar-refractivity contribution >= 4 is 11.7 Å². The van der Waals surface area contributed by atoms with Gasteiger partial charge < -0.3 is 14.8 Å². The molecule has 0 saturated carbocycles. The molecule has 2 aliphatic heterocycles. The summed E-state index contributed by atoms with van der Waals surface area (Å²) in [5, 5.41) is 7.89. The lowest BCUT2D eigenvalue weighted by Gasteiger charge is -2.33. The van der Waals surface area contributed by atoms with Gasteiger partial charge in [0.05, 0.1) is 31.1 Å². The number of benzene rings is 2. The normalized spacial score (nSPS) is 18.0. The first-order valence-electron chi connectivity index (χ1n) is 11.6. The van der Waals surface area contributed by atoms with Crippen molar-refractivity contribution in [2.24, 2.45) is 5.92 Å². The van der Waals surface area contributed by atoms with Crippen LogP contribution in [0, 0.1) is 12.8 Å². The fraction of sp³-hybridized carbons (Fsp3) is 0.385. The van der Waals surface area contributed by atoms with Crippen LogP contribution in [0.4, 0.5) is 5.82 Å². The van der Waals surface area contributed by atoms with Gasteiger partial charge in [-0.15, -0.1) is 0 Å². The summed E-state index contributed by atoms with van der Waals surface area (Å²) in [6, 6.07) is 20.1. The molecule has 2 saturated heterocycles. The van der Waals surface area contributed by atoms with Crippen LogP contribution in [-0.2, 0) is 14.3 Å². The van der Waals surface area contributed by atoms with E-state index >= 15 is 0 Å². The molecule has 5 rings (SSSR count). The molecule has 2 fully saturated rings. The Labute approximate surface area is 194 Å². The topological polar surface area (TPSA) is 68.6 Å². The Kier molecular flexibility index (Phi) is 6.53. The quantitative estimate of drug-likeness (QED) is 0.623. The molecular formula is C26H30N4O3. The van der Waals surface area contributed by atoms with E-state index < -0.39 is 0 Å². The number of carbonyl (C=O) groups excluding carboxylic acids is 1. The molecule has 7 heteroatoms. The van der Waals surface area contributed by atoms with Gasteiger partial charge >= 0.3 is 0 Å². The lowest BCUT2D eigenvalue weighted by Crippen LogP contribution is -2.42. The number of piperidine rings is 1. The zero-order valence-electron chi connectivity index (χ0n) is 18.9. The molecular weight excluding hydrogens is 416 g/mol. The number of likely N-dealkylation sites (tertiary alicyclic amines) is 1. The van der Waals surface area contributed by atoms with Crippen LogP contribution in [-0.4, -0.2) is 59.7 Å². The maximum absolute atomic E-state index is 12.9. The maximum Gasteiger partial charge on any atom is 0.239 e. The zero-order chi connectivity index (χ0) is 22.6. The van der Waals surface area contributed by atoms with Crippen LogP contribution in [0.5, 0.6) is 0 Å². The van der Waals surface area contributed by atoms with E-state index in [1.54, 1.807) is 4.68 Å². The molecule has 0 radical (unpaired) electrons. The lowest BCUT2D eigenvalue weighted by atomic mass is 9.96. The van der Waals surface area contributed by atoms with Crippen LogP contribution in [0.25, 0.3) is 16.9 Å². The van der Waals surface area contributed by atoms with Gasteiger partial charge in [-0.25, -0.2) is 4.68 Å². The summed E-state index contributed by atoms with van der Waals surface area (Å²) in [6.07, 6.45) is 1.90. The molecule has 0 spiro atoms. The Balaban J connectivity index is 1.28. The highest BCUT2D eigenvalue weighted by atomic mass is 16.7. The van der Waals surface area contributed by atoms with Crippen molar-refractivity contribution in [3.05, 3.63) is 66.2 Å². The van der Waals surface area contributed by atoms with E-state index in [0.717, 1.165) is 42.9 Å². The van der Waals surface area contributed by atoms with Gasteiger partial charge in [0.2, 0.25) is 5.91 Å². The minimum Gasteiger partial charge on any atom is -0.350 e. The Bertz CT molecular complexity index is 1070. The summed E-state index contributed by atoms with van der Waals surface area (Å²) in [7, 11) is 0. The van der Waals surface area contributed by atoms with Crippen molar-refractivity contribution in [3.63, 3.8) is 0 Å². The first-order chi connectivity index (χ1) is 16.2. The molecule has 33 heavy (non-hydrogen) atoms. The van der Waals surface area contributed by atoms with Crippen molar-refractivity contribution in [2.75, 3.05) is 38.2 Å². The van der Waals surface area contributed by atoms with E-state index in [4.69, 9.17) is 14.6 Å². The summed E-state index contributed by atoms with van der Waals surface area (Å²) >= 11 is 0. The number of hydrogen-bond acceptors (Lipinski definition) is 5. The molecule has 0 bridgehead atoms. The Morgan fingerprint density at radius 1 is 1.03 bits per heavy atom. The van der Waals surface area contributed by atoms with Gasteiger partial charge in [0.25, 0.3) is 0 Å². The summed E-state index contributed by atoms with van der Waals surface area (Å²) < 4.78 is 13.1. The summed E-state index contributed by atoms with van der Waals surface area (Å²) in [6.45, 7) is 5.54. The molecule has 3 aromatic rings. The number of anilines is 1. The number of carbonyl (C=O) groups is 1. The van der Waals surface area contributed by atoms with E-state index in [1.807, 2.05) is 36.4 Å². The van der Waals surface area contributed by atoms with E-state index in [2.05, 4.69) is 41.4 Å². The second-order valence-corrected chi connectivity index (χ2v) is 8.80. The maximum atomic E-state index is 12.9. The Morgan fingerprint density at radius 2 is 1.73 bits per heavy atom. The first-order valence-corrected chi connectivity index (χ1v) is 11.6. The zero-order valence-corrected chi connectivity index (χ0v) is 18.9. The predicted molar refractivity (Wildman–Crippen MR) is 127 cm³/mol. The van der Waals surface area contributed by atoms with E-state index in [1.165, 1.54) is 5.56 Å². The molecule has 2 aliphatic rings. The molecule has 0 aliphatic carbocycles. The average Bonchev–Trinajstić information content (AvgIpc) is 3.51. The standard InChI is InChI=1S/C26H30N4O3/c1-19-7-9-20(10-8-19)23-17-24(30(28-23)22-5-3-2-4-6-22)27-25(31)18-29-13-11-21(12-14-29)26-32-15-16-33-26/h2-10,17,21,26H,11-16,18H2,1H3,(H,27,31). The SMILES string of the molecule is Cc1ccc(-c2cc(NC(=O)CN3CCC(C4OCCO4)CC3)n(-c3ccccc3)n2)cc1. The molecule has 1 aromatic heterocycles. The van der Waals surface area contributed by atoms with Gasteiger partial charge in [0, 0.05) is 17.5 Å². The minimum absolute atomic E-state index is 0.0330. The summed E-state index contributed by atoms with van der Waals surface area (Å²) in [5.74, 6) is 1.06. The monoisotopic (exact) mass is 446 g/mol. The van der Waals surface area contributed by atoms with Crippen LogP contribution in [0.15, 0.2) is 60.7 Å². The van der Waals surface area contributed by atoms with Crippen molar-refractivity contribution in [2.45, 2.75) is 26.1 Å². The lowest BCUT2D eigenvalue weighted by molar-refractivity contribution is -0.119. The Hall–Kier alpha value is -3.00. The minimum atomic E-state index is -0.0682. The van der Waals surface area contributed by atoms with Crippen LogP contribution in [0.2, 0.25) is 0 Å². The number of nitrogens with zero attached hydrogens (tertiary/aromatic N) is 3.